The number of halogens is 1. The molecule has 1 aliphatic heterocycles. The number of methoxy groups -OCH3 is 1. The molecule has 2 aromatic heterocycles. The summed E-state index contributed by atoms with van der Waals surface area (Å²) in [5, 5.41) is 12.1. The van der Waals surface area contributed by atoms with Crippen molar-refractivity contribution >= 4 is 39.5 Å². The van der Waals surface area contributed by atoms with Crippen molar-refractivity contribution in [2.24, 2.45) is 0 Å². The number of amides is 1. The van der Waals surface area contributed by atoms with E-state index < -0.39 is 0 Å². The predicted octanol–water partition coefficient (Wildman–Crippen LogP) is 7.37. The first-order chi connectivity index (χ1) is 19.3. The quantitative estimate of drug-likeness (QED) is 0.114. The molecule has 1 aliphatic rings. The van der Waals surface area contributed by atoms with E-state index in [1.54, 1.807) is 19.4 Å². The largest absolute Gasteiger partial charge is 0.494 e. The second kappa shape index (κ2) is 16.1. The molecule has 0 spiro atoms. The third-order valence-corrected chi connectivity index (χ3v) is 6.89. The Morgan fingerprint density at radius 1 is 1.25 bits per heavy atom. The van der Waals surface area contributed by atoms with Gasteiger partial charge in [-0.3, -0.25) is 10.1 Å². The summed E-state index contributed by atoms with van der Waals surface area (Å²) in [5.41, 5.74) is 5.35. The van der Waals surface area contributed by atoms with Crippen molar-refractivity contribution in [3.8, 4) is 10.9 Å². The van der Waals surface area contributed by atoms with Crippen LogP contribution in [0.3, 0.4) is 0 Å². The number of ether oxygens (including phenoxy) is 3. The highest BCUT2D eigenvalue weighted by Gasteiger charge is 2.19. The lowest BCUT2D eigenvalue weighted by atomic mass is 9.96. The van der Waals surface area contributed by atoms with Gasteiger partial charge in [0.05, 0.1) is 33.1 Å². The third-order valence-electron chi connectivity index (χ3n) is 5.93. The second-order valence-electron chi connectivity index (χ2n) is 9.42. The van der Waals surface area contributed by atoms with Crippen LogP contribution in [0.1, 0.15) is 58.9 Å². The number of carbonyl (C=O) groups is 1. The van der Waals surface area contributed by atoms with Crippen LogP contribution in [0.5, 0.6) is 10.9 Å². The molecule has 0 fully saturated rings. The van der Waals surface area contributed by atoms with Crippen molar-refractivity contribution in [3.05, 3.63) is 75.7 Å². The van der Waals surface area contributed by atoms with E-state index in [2.05, 4.69) is 46.5 Å². The van der Waals surface area contributed by atoms with Crippen molar-refractivity contribution < 1.29 is 19.0 Å². The number of carbonyl (C=O) groups excluding carboxylic acids is 1. The van der Waals surface area contributed by atoms with E-state index in [0.29, 0.717) is 51.2 Å². The number of pyridine rings is 1. The first-order valence-electron chi connectivity index (χ1n) is 13.3. The van der Waals surface area contributed by atoms with E-state index in [-0.39, 0.29) is 5.91 Å². The molecule has 0 aliphatic carbocycles. The molecule has 0 bridgehead atoms. The average molecular weight is 585 g/mol. The van der Waals surface area contributed by atoms with Crippen LogP contribution in [0, 0.1) is 0 Å². The molecule has 0 unspecified atom stereocenters. The molecule has 0 atom stereocenters. The van der Waals surface area contributed by atoms with Crippen molar-refractivity contribution in [2.45, 2.75) is 53.4 Å². The van der Waals surface area contributed by atoms with E-state index in [1.807, 2.05) is 32.1 Å². The third kappa shape index (κ3) is 9.43. The van der Waals surface area contributed by atoms with E-state index in [4.69, 9.17) is 25.8 Å². The van der Waals surface area contributed by atoms with Gasteiger partial charge < -0.3 is 14.2 Å². The maximum atomic E-state index is 13.6. The smallest absolute Gasteiger partial charge is 0.295 e. The van der Waals surface area contributed by atoms with Crippen LogP contribution in [-0.2, 0) is 9.53 Å². The van der Waals surface area contributed by atoms with Gasteiger partial charge in [0.25, 0.3) is 11.1 Å². The van der Waals surface area contributed by atoms with Crippen molar-refractivity contribution in [1.29, 1.82) is 0 Å². The highest BCUT2D eigenvalue weighted by Crippen LogP contribution is 2.33. The Kier molecular flexibility index (Phi) is 12.6. The van der Waals surface area contributed by atoms with Gasteiger partial charge in [0.15, 0.2) is 0 Å². The molecule has 1 amide bonds. The highest BCUT2D eigenvalue weighted by molar-refractivity contribution is 7.17. The molecule has 3 rings (SSSR count). The van der Waals surface area contributed by atoms with Crippen LogP contribution < -0.4 is 14.8 Å². The summed E-state index contributed by atoms with van der Waals surface area (Å²) in [7, 11) is 1.56. The van der Waals surface area contributed by atoms with E-state index >= 15 is 0 Å². The summed E-state index contributed by atoms with van der Waals surface area (Å²) in [6.07, 6.45) is 14.9. The van der Waals surface area contributed by atoms with Gasteiger partial charge in [0, 0.05) is 11.1 Å². The van der Waals surface area contributed by atoms with Crippen LogP contribution in [0.15, 0.2) is 64.9 Å². The molecule has 0 radical (unpaired) electrons. The van der Waals surface area contributed by atoms with Crippen LogP contribution >= 0.6 is 22.9 Å². The summed E-state index contributed by atoms with van der Waals surface area (Å²) in [6.45, 7) is 10.0. The van der Waals surface area contributed by atoms with Crippen molar-refractivity contribution in [3.63, 3.8) is 0 Å². The topological polar surface area (TPSA) is 95.5 Å². The van der Waals surface area contributed by atoms with E-state index in [9.17, 15) is 4.79 Å². The SMILES string of the molecule is CCC/C=C/C(C(=O)Nc1nnc(OCC/C=C\C2=C(C)CCOC2)s1)=C(\C=C(C)C)c1cc(Cl)ncc1OC. The lowest BCUT2D eigenvalue weighted by Crippen LogP contribution is -2.15. The van der Waals surface area contributed by atoms with Gasteiger partial charge >= 0.3 is 0 Å². The zero-order valence-electron chi connectivity index (χ0n) is 23.8. The molecular weight excluding hydrogens is 548 g/mol. The number of aromatic nitrogens is 3. The molecule has 0 saturated heterocycles. The van der Waals surface area contributed by atoms with Crippen LogP contribution in [0.4, 0.5) is 5.13 Å². The standard InChI is InChI=1S/C30H37ClN4O4S/c1-6-7-8-12-23(24(16-20(2)3)25-17-27(31)32-18-26(25)37-5)28(36)33-29-34-35-30(40-29)39-14-10-9-11-22-19-38-15-13-21(22)4/h8-9,11-12,16-18H,6-7,10,13-15,19H2,1-5H3,(H,33,34,36)/b11-9-,12-8+,24-23-. The van der Waals surface area contributed by atoms with Gasteiger partial charge in [-0.1, -0.05) is 71.6 Å². The summed E-state index contributed by atoms with van der Waals surface area (Å²) >= 11 is 7.41. The number of unbranched alkanes of at least 4 members (excludes halogenated alkanes) is 1. The van der Waals surface area contributed by atoms with Gasteiger partial charge in [0.1, 0.15) is 10.9 Å². The number of anilines is 1. The van der Waals surface area contributed by atoms with E-state index in [0.717, 1.165) is 37.9 Å². The normalized spacial score (nSPS) is 14.4. The maximum Gasteiger partial charge on any atom is 0.295 e. The van der Waals surface area contributed by atoms with Gasteiger partial charge in [-0.2, -0.15) is 0 Å². The number of nitrogens with one attached hydrogen (secondary N) is 1. The molecule has 0 aromatic carbocycles. The van der Waals surface area contributed by atoms with Gasteiger partial charge in [-0.25, -0.2) is 4.98 Å². The number of allylic oxidation sites excluding steroid dienone is 4. The zero-order valence-corrected chi connectivity index (χ0v) is 25.3. The molecule has 2 aromatic rings. The van der Waals surface area contributed by atoms with Crippen LogP contribution in [-0.4, -0.2) is 48.0 Å². The number of hydrogen-bond donors (Lipinski definition) is 1. The maximum absolute atomic E-state index is 13.6. The fourth-order valence-electron chi connectivity index (χ4n) is 3.84. The molecule has 10 heteroatoms. The molecular formula is C30H37ClN4O4S. The second-order valence-corrected chi connectivity index (χ2v) is 10.7. The number of rotatable bonds is 13. The first-order valence-corrected chi connectivity index (χ1v) is 14.5. The Bertz CT molecular complexity index is 1320. The minimum atomic E-state index is -0.334. The molecule has 214 valence electrons. The lowest BCUT2D eigenvalue weighted by molar-refractivity contribution is -0.112. The van der Waals surface area contributed by atoms with Gasteiger partial charge in [-0.15, -0.1) is 5.10 Å². The Morgan fingerprint density at radius 2 is 2.08 bits per heavy atom. The Balaban J connectivity index is 1.78. The molecule has 0 saturated carbocycles. The fourth-order valence-corrected chi connectivity index (χ4v) is 4.61. The fraction of sp³-hybridized carbons (Fsp3) is 0.400. The Hall–Kier alpha value is -3.27. The summed E-state index contributed by atoms with van der Waals surface area (Å²) in [4.78, 5) is 17.7. The van der Waals surface area contributed by atoms with E-state index in [1.165, 1.54) is 22.5 Å². The Morgan fingerprint density at radius 3 is 2.80 bits per heavy atom. The molecule has 40 heavy (non-hydrogen) atoms. The lowest BCUT2D eigenvalue weighted by Gasteiger charge is -2.15. The first kappa shape index (κ1) is 31.3. The van der Waals surface area contributed by atoms with Crippen LogP contribution in [0.25, 0.3) is 5.57 Å². The molecule has 1 N–H and O–H groups in total. The van der Waals surface area contributed by atoms with Crippen molar-refractivity contribution in [2.75, 3.05) is 32.2 Å². The zero-order chi connectivity index (χ0) is 28.9. The minimum Gasteiger partial charge on any atom is -0.494 e. The highest BCUT2D eigenvalue weighted by atomic mass is 35.5. The van der Waals surface area contributed by atoms with Gasteiger partial charge in [0.2, 0.25) is 5.13 Å². The summed E-state index contributed by atoms with van der Waals surface area (Å²) in [5.74, 6) is 0.174. The molecule has 8 nitrogen and oxygen atoms in total. The predicted molar refractivity (Wildman–Crippen MR) is 162 cm³/mol. The summed E-state index contributed by atoms with van der Waals surface area (Å²) < 4.78 is 16.8. The number of hydrogen-bond acceptors (Lipinski definition) is 8. The Labute approximate surface area is 245 Å². The average Bonchev–Trinajstić information content (AvgIpc) is 3.37. The van der Waals surface area contributed by atoms with Crippen LogP contribution in [0.2, 0.25) is 5.15 Å². The van der Waals surface area contributed by atoms with Crippen molar-refractivity contribution in [1.82, 2.24) is 15.2 Å². The molecule has 3 heterocycles. The number of nitrogens with zero attached hydrogens (tertiary/aromatic N) is 3. The minimum absolute atomic E-state index is 0.299. The van der Waals surface area contributed by atoms with Gasteiger partial charge in [-0.05, 0) is 68.6 Å². The summed E-state index contributed by atoms with van der Waals surface area (Å²) in [6, 6.07) is 1.70. The monoisotopic (exact) mass is 584 g/mol.